The van der Waals surface area contributed by atoms with Crippen molar-refractivity contribution in [2.24, 2.45) is 17.3 Å². The Morgan fingerprint density at radius 1 is 1.07 bits per heavy atom. The zero-order valence-corrected chi connectivity index (χ0v) is 9.19. The smallest absolute Gasteiger partial charge is 0.303 e. The van der Waals surface area contributed by atoms with Gasteiger partial charge in [0.1, 0.15) is 0 Å². The highest BCUT2D eigenvalue weighted by atomic mass is 16.4. The van der Waals surface area contributed by atoms with Crippen LogP contribution >= 0.6 is 0 Å². The van der Waals surface area contributed by atoms with Crippen LogP contribution in [0, 0.1) is 17.3 Å². The summed E-state index contributed by atoms with van der Waals surface area (Å²) in [4.78, 5) is 21.3. The van der Waals surface area contributed by atoms with E-state index in [1.807, 2.05) is 0 Å². The SMILES string of the molecule is CC1(C)C[C@@H](CC(=O)O)[C@@H](CC(=O)O)C1. The van der Waals surface area contributed by atoms with Gasteiger partial charge in [-0.05, 0) is 30.1 Å². The molecule has 1 aliphatic carbocycles. The monoisotopic (exact) mass is 214 g/mol. The van der Waals surface area contributed by atoms with Crippen molar-refractivity contribution in [1.82, 2.24) is 0 Å². The predicted molar refractivity (Wildman–Crippen MR) is 54.5 cm³/mol. The van der Waals surface area contributed by atoms with E-state index < -0.39 is 11.9 Å². The van der Waals surface area contributed by atoms with Crippen LogP contribution in [0.1, 0.15) is 39.5 Å². The molecule has 1 aliphatic rings. The molecule has 15 heavy (non-hydrogen) atoms. The van der Waals surface area contributed by atoms with Crippen molar-refractivity contribution in [1.29, 1.82) is 0 Å². The van der Waals surface area contributed by atoms with Crippen LogP contribution in [0.5, 0.6) is 0 Å². The molecule has 0 unspecified atom stereocenters. The van der Waals surface area contributed by atoms with E-state index in [4.69, 9.17) is 10.2 Å². The van der Waals surface area contributed by atoms with Crippen LogP contribution < -0.4 is 0 Å². The predicted octanol–water partition coefficient (Wildman–Crippen LogP) is 1.99. The minimum Gasteiger partial charge on any atom is -0.481 e. The van der Waals surface area contributed by atoms with Crippen molar-refractivity contribution in [2.45, 2.75) is 39.5 Å². The molecular formula is C11H18O4. The lowest BCUT2D eigenvalue weighted by Crippen LogP contribution is -2.16. The molecule has 86 valence electrons. The third-order valence-electron chi connectivity index (χ3n) is 3.17. The Balaban J connectivity index is 2.65. The van der Waals surface area contributed by atoms with E-state index in [0.717, 1.165) is 12.8 Å². The van der Waals surface area contributed by atoms with Crippen LogP contribution in [-0.2, 0) is 9.59 Å². The van der Waals surface area contributed by atoms with Gasteiger partial charge in [0, 0.05) is 12.8 Å². The molecule has 0 aromatic carbocycles. The van der Waals surface area contributed by atoms with Gasteiger partial charge >= 0.3 is 11.9 Å². The van der Waals surface area contributed by atoms with E-state index >= 15 is 0 Å². The molecule has 2 atom stereocenters. The highest BCUT2D eigenvalue weighted by molar-refractivity contribution is 5.69. The Kier molecular flexibility index (Phi) is 3.37. The van der Waals surface area contributed by atoms with Gasteiger partial charge in [0.05, 0.1) is 0 Å². The lowest BCUT2D eigenvalue weighted by molar-refractivity contribution is -0.141. The highest BCUT2D eigenvalue weighted by Crippen LogP contribution is 2.47. The summed E-state index contributed by atoms with van der Waals surface area (Å²) in [6, 6.07) is 0. The fourth-order valence-corrected chi connectivity index (χ4v) is 2.76. The molecule has 0 heterocycles. The fraction of sp³-hybridized carbons (Fsp3) is 0.818. The molecule has 0 aliphatic heterocycles. The second-order valence-corrected chi connectivity index (χ2v) is 5.29. The zero-order valence-electron chi connectivity index (χ0n) is 9.19. The van der Waals surface area contributed by atoms with Crippen LogP contribution in [0.2, 0.25) is 0 Å². The van der Waals surface area contributed by atoms with Gasteiger partial charge in [-0.3, -0.25) is 9.59 Å². The third kappa shape index (κ3) is 3.53. The summed E-state index contributed by atoms with van der Waals surface area (Å²) in [7, 11) is 0. The molecule has 0 aromatic heterocycles. The second-order valence-electron chi connectivity index (χ2n) is 5.29. The standard InChI is InChI=1S/C11H18O4/c1-11(2)5-7(3-9(12)13)8(6-11)4-10(14)15/h7-8H,3-6H2,1-2H3,(H,12,13)(H,14,15)/t7-,8+. The number of carboxylic acid groups (broad SMARTS) is 2. The molecule has 4 nitrogen and oxygen atoms in total. The van der Waals surface area contributed by atoms with E-state index in [-0.39, 0.29) is 30.1 Å². The van der Waals surface area contributed by atoms with Gasteiger partial charge in [-0.25, -0.2) is 0 Å². The van der Waals surface area contributed by atoms with Gasteiger partial charge in [-0.1, -0.05) is 13.8 Å². The Morgan fingerprint density at radius 2 is 1.40 bits per heavy atom. The zero-order chi connectivity index (χ0) is 11.6. The molecule has 1 fully saturated rings. The number of hydrogen-bond acceptors (Lipinski definition) is 2. The summed E-state index contributed by atoms with van der Waals surface area (Å²) < 4.78 is 0. The first-order valence-electron chi connectivity index (χ1n) is 5.24. The van der Waals surface area contributed by atoms with E-state index in [9.17, 15) is 9.59 Å². The van der Waals surface area contributed by atoms with Gasteiger partial charge in [-0.2, -0.15) is 0 Å². The molecule has 2 N–H and O–H groups in total. The van der Waals surface area contributed by atoms with Crippen molar-refractivity contribution < 1.29 is 19.8 Å². The van der Waals surface area contributed by atoms with Crippen LogP contribution in [-0.4, -0.2) is 22.2 Å². The van der Waals surface area contributed by atoms with Crippen molar-refractivity contribution >= 4 is 11.9 Å². The molecule has 1 saturated carbocycles. The van der Waals surface area contributed by atoms with Crippen LogP contribution in [0.25, 0.3) is 0 Å². The lowest BCUT2D eigenvalue weighted by Gasteiger charge is -2.16. The average Bonchev–Trinajstić information content (AvgIpc) is 2.22. The fourth-order valence-electron chi connectivity index (χ4n) is 2.76. The minimum absolute atomic E-state index is 0.0219. The molecule has 0 radical (unpaired) electrons. The van der Waals surface area contributed by atoms with E-state index in [1.54, 1.807) is 0 Å². The summed E-state index contributed by atoms with van der Waals surface area (Å²) in [5.41, 5.74) is 0.0836. The summed E-state index contributed by atoms with van der Waals surface area (Å²) in [5, 5.41) is 17.5. The molecule has 0 amide bonds. The van der Waals surface area contributed by atoms with Gasteiger partial charge in [0.25, 0.3) is 0 Å². The van der Waals surface area contributed by atoms with Crippen LogP contribution in [0.3, 0.4) is 0 Å². The minimum atomic E-state index is -0.826. The number of rotatable bonds is 4. The van der Waals surface area contributed by atoms with Gasteiger partial charge in [0.15, 0.2) is 0 Å². The number of hydrogen-bond donors (Lipinski definition) is 2. The van der Waals surface area contributed by atoms with Gasteiger partial charge in [0.2, 0.25) is 0 Å². The second kappa shape index (κ2) is 4.21. The average molecular weight is 214 g/mol. The first kappa shape index (κ1) is 12.0. The topological polar surface area (TPSA) is 74.6 Å². The van der Waals surface area contributed by atoms with E-state index in [1.165, 1.54) is 0 Å². The molecule has 0 spiro atoms. The number of carbonyl (C=O) groups is 2. The molecule has 0 aromatic rings. The molecule has 0 bridgehead atoms. The van der Waals surface area contributed by atoms with Gasteiger partial charge < -0.3 is 10.2 Å². The first-order chi connectivity index (χ1) is 6.80. The summed E-state index contributed by atoms with van der Waals surface area (Å²) in [6.07, 6.45) is 1.83. The third-order valence-corrected chi connectivity index (χ3v) is 3.17. The molecular weight excluding hydrogens is 196 g/mol. The molecule has 0 saturated heterocycles. The maximum absolute atomic E-state index is 10.7. The summed E-state index contributed by atoms with van der Waals surface area (Å²) >= 11 is 0. The summed E-state index contributed by atoms with van der Waals surface area (Å²) in [5.74, 6) is -1.61. The maximum Gasteiger partial charge on any atom is 0.303 e. The van der Waals surface area contributed by atoms with Crippen LogP contribution in [0.4, 0.5) is 0 Å². The molecule has 1 rings (SSSR count). The lowest BCUT2D eigenvalue weighted by atomic mass is 9.90. The largest absolute Gasteiger partial charge is 0.481 e. The maximum atomic E-state index is 10.7. The Hall–Kier alpha value is -1.06. The number of aliphatic carboxylic acids is 2. The summed E-state index contributed by atoms with van der Waals surface area (Å²) in [6.45, 7) is 4.15. The quantitative estimate of drug-likeness (QED) is 0.750. The van der Waals surface area contributed by atoms with Gasteiger partial charge in [-0.15, -0.1) is 0 Å². The van der Waals surface area contributed by atoms with E-state index in [0.29, 0.717) is 0 Å². The highest BCUT2D eigenvalue weighted by Gasteiger charge is 2.40. The Bertz CT molecular complexity index is 244. The molecule has 4 heteroatoms. The van der Waals surface area contributed by atoms with Crippen molar-refractivity contribution in [3.63, 3.8) is 0 Å². The van der Waals surface area contributed by atoms with Crippen molar-refractivity contribution in [3.8, 4) is 0 Å². The Labute approximate surface area is 89.3 Å². The Morgan fingerprint density at radius 3 is 1.67 bits per heavy atom. The normalized spacial score (nSPS) is 28.9. The van der Waals surface area contributed by atoms with Crippen molar-refractivity contribution in [2.75, 3.05) is 0 Å². The van der Waals surface area contributed by atoms with E-state index in [2.05, 4.69) is 13.8 Å². The number of carboxylic acids is 2. The first-order valence-corrected chi connectivity index (χ1v) is 5.24. The van der Waals surface area contributed by atoms with Crippen LogP contribution in [0.15, 0.2) is 0 Å². The van der Waals surface area contributed by atoms with Crippen molar-refractivity contribution in [3.05, 3.63) is 0 Å².